The fourth-order valence-electron chi connectivity index (χ4n) is 3.13. The number of ether oxygens (including phenoxy) is 1. The lowest BCUT2D eigenvalue weighted by molar-refractivity contribution is -0.122. The topological polar surface area (TPSA) is 107 Å². The van der Waals surface area contributed by atoms with Gasteiger partial charge in [-0.25, -0.2) is 18.3 Å². The average molecular weight is 449 g/mol. The van der Waals surface area contributed by atoms with Crippen LogP contribution in [0.15, 0.2) is 71.7 Å². The molecule has 0 aliphatic rings. The lowest BCUT2D eigenvalue weighted by Gasteiger charge is -2.06. The van der Waals surface area contributed by atoms with Crippen LogP contribution in [0, 0.1) is 5.82 Å². The Labute approximate surface area is 187 Å². The second-order valence-electron chi connectivity index (χ2n) is 7.17. The normalized spacial score (nSPS) is 10.7. The second-order valence-corrected chi connectivity index (χ2v) is 7.17. The zero-order chi connectivity index (χ0) is 23.4. The number of rotatable bonds is 7. The van der Waals surface area contributed by atoms with Gasteiger partial charge in [-0.05, 0) is 54.1 Å². The number of aromatic nitrogens is 3. The van der Waals surface area contributed by atoms with Gasteiger partial charge in [-0.2, -0.15) is 0 Å². The summed E-state index contributed by atoms with van der Waals surface area (Å²) in [4.78, 5) is 37.5. The maximum Gasteiger partial charge on any atom is 0.350 e. The average Bonchev–Trinajstić information content (AvgIpc) is 3.13. The van der Waals surface area contributed by atoms with Crippen LogP contribution in [0.4, 0.5) is 10.1 Å². The van der Waals surface area contributed by atoms with Crippen molar-refractivity contribution >= 4 is 23.1 Å². The number of anilines is 1. The van der Waals surface area contributed by atoms with Crippen LogP contribution in [0.1, 0.15) is 15.9 Å². The molecule has 0 bridgehead atoms. The number of nitrogens with one attached hydrogen (secondary N) is 2. The minimum atomic E-state index is -0.555. The van der Waals surface area contributed by atoms with E-state index in [1.54, 1.807) is 49.6 Å². The molecule has 4 rings (SSSR count). The molecule has 0 radical (unpaired) electrons. The predicted molar refractivity (Wildman–Crippen MR) is 119 cm³/mol. The summed E-state index contributed by atoms with van der Waals surface area (Å²) in [6.07, 6.45) is 1.37. The Kier molecular flexibility index (Phi) is 6.16. The van der Waals surface area contributed by atoms with Gasteiger partial charge in [0.1, 0.15) is 18.1 Å². The van der Waals surface area contributed by atoms with Crippen molar-refractivity contribution in [2.45, 2.75) is 13.1 Å². The highest BCUT2D eigenvalue weighted by molar-refractivity contribution is 6.04. The summed E-state index contributed by atoms with van der Waals surface area (Å²) in [6.45, 7) is -0.105. The molecule has 0 spiro atoms. The zero-order valence-corrected chi connectivity index (χ0v) is 17.6. The van der Waals surface area contributed by atoms with E-state index in [1.807, 2.05) is 0 Å². The fraction of sp³-hybridized carbons (Fsp3) is 0.130. The molecule has 2 aromatic carbocycles. The molecule has 0 fully saturated rings. The van der Waals surface area contributed by atoms with E-state index in [-0.39, 0.29) is 24.5 Å². The third-order valence-electron chi connectivity index (χ3n) is 4.88. The SMILES string of the molecule is COc1ccc(NC(=O)c2ccc3nn(CC(=O)NCc4ccc(F)cc4)c(=O)n3c2)cc1. The van der Waals surface area contributed by atoms with E-state index >= 15 is 0 Å². The lowest BCUT2D eigenvalue weighted by Crippen LogP contribution is -2.32. The third-order valence-corrected chi connectivity index (χ3v) is 4.88. The number of carbonyl (C=O) groups is 2. The van der Waals surface area contributed by atoms with Crippen LogP contribution >= 0.6 is 0 Å². The van der Waals surface area contributed by atoms with Gasteiger partial charge in [-0.3, -0.25) is 9.59 Å². The van der Waals surface area contributed by atoms with Crippen LogP contribution in [0.25, 0.3) is 5.65 Å². The first-order valence-corrected chi connectivity index (χ1v) is 9.99. The molecule has 33 heavy (non-hydrogen) atoms. The van der Waals surface area contributed by atoms with Crippen LogP contribution in [-0.4, -0.2) is 33.1 Å². The van der Waals surface area contributed by atoms with E-state index in [1.165, 1.54) is 28.8 Å². The number of nitrogens with zero attached hydrogens (tertiary/aromatic N) is 3. The molecule has 2 heterocycles. The number of fused-ring (bicyclic) bond motifs is 1. The Hall–Kier alpha value is -4.47. The molecule has 168 valence electrons. The van der Waals surface area contributed by atoms with Crippen molar-refractivity contribution in [3.63, 3.8) is 0 Å². The Morgan fingerprint density at radius 1 is 1.03 bits per heavy atom. The largest absolute Gasteiger partial charge is 0.497 e. The van der Waals surface area contributed by atoms with Crippen molar-refractivity contribution in [1.82, 2.24) is 19.5 Å². The molecule has 0 saturated heterocycles. The van der Waals surface area contributed by atoms with Gasteiger partial charge in [-0.15, -0.1) is 5.10 Å². The second kappa shape index (κ2) is 9.35. The number of pyridine rings is 1. The number of carbonyl (C=O) groups excluding carboxylic acids is 2. The standard InChI is InChI=1S/C23H20FN5O4/c1-33-19-9-7-18(8-10-19)26-22(31)16-4-11-20-27-29(23(32)28(20)13-16)14-21(30)25-12-15-2-5-17(24)6-3-15/h2-11,13H,12,14H2,1H3,(H,25,30)(H,26,31). The maximum absolute atomic E-state index is 13.0. The van der Waals surface area contributed by atoms with Crippen LogP contribution < -0.4 is 21.1 Å². The van der Waals surface area contributed by atoms with Gasteiger partial charge in [0, 0.05) is 18.4 Å². The number of halogens is 1. The monoisotopic (exact) mass is 449 g/mol. The smallest absolute Gasteiger partial charge is 0.350 e. The highest BCUT2D eigenvalue weighted by Gasteiger charge is 2.14. The minimum absolute atomic E-state index is 0.191. The van der Waals surface area contributed by atoms with Crippen LogP contribution in [0.3, 0.4) is 0 Å². The zero-order valence-electron chi connectivity index (χ0n) is 17.6. The van der Waals surface area contributed by atoms with Crippen molar-refractivity contribution in [1.29, 1.82) is 0 Å². The first-order valence-electron chi connectivity index (χ1n) is 9.99. The summed E-state index contributed by atoms with van der Waals surface area (Å²) in [6, 6.07) is 15.6. The van der Waals surface area contributed by atoms with Crippen molar-refractivity contribution in [2.75, 3.05) is 12.4 Å². The Balaban J connectivity index is 1.44. The van der Waals surface area contributed by atoms with Gasteiger partial charge >= 0.3 is 5.69 Å². The Bertz CT molecular complexity index is 1360. The van der Waals surface area contributed by atoms with Crippen molar-refractivity contribution < 1.29 is 18.7 Å². The van der Waals surface area contributed by atoms with Crippen molar-refractivity contribution in [3.05, 3.63) is 94.3 Å². The summed E-state index contributed by atoms with van der Waals surface area (Å²) in [5.74, 6) is -0.533. The summed E-state index contributed by atoms with van der Waals surface area (Å²) < 4.78 is 20.3. The fourth-order valence-corrected chi connectivity index (χ4v) is 3.13. The molecule has 2 aromatic heterocycles. The van der Waals surface area contributed by atoms with Gasteiger partial charge in [-0.1, -0.05) is 12.1 Å². The molecule has 2 N–H and O–H groups in total. The van der Waals surface area contributed by atoms with Gasteiger partial charge in [0.25, 0.3) is 5.91 Å². The molecule has 4 aromatic rings. The first kappa shape index (κ1) is 21.8. The van der Waals surface area contributed by atoms with E-state index in [9.17, 15) is 18.8 Å². The van der Waals surface area contributed by atoms with E-state index < -0.39 is 17.5 Å². The lowest BCUT2D eigenvalue weighted by atomic mass is 10.2. The molecule has 10 heteroatoms. The quantitative estimate of drug-likeness (QED) is 0.450. The van der Waals surface area contributed by atoms with Crippen LogP contribution in [0.5, 0.6) is 5.75 Å². The van der Waals surface area contributed by atoms with Crippen LogP contribution in [-0.2, 0) is 17.9 Å². The third kappa shape index (κ3) is 5.06. The molecular weight excluding hydrogens is 429 g/mol. The van der Waals surface area contributed by atoms with Crippen LogP contribution in [0.2, 0.25) is 0 Å². The van der Waals surface area contributed by atoms with Gasteiger partial charge in [0.15, 0.2) is 5.65 Å². The molecule has 0 saturated carbocycles. The van der Waals surface area contributed by atoms with E-state index in [4.69, 9.17) is 4.74 Å². The predicted octanol–water partition coefficient (Wildman–Crippen LogP) is 2.21. The highest BCUT2D eigenvalue weighted by Crippen LogP contribution is 2.16. The van der Waals surface area contributed by atoms with E-state index in [2.05, 4.69) is 15.7 Å². The number of hydrogen-bond donors (Lipinski definition) is 2. The summed E-state index contributed by atoms with van der Waals surface area (Å²) >= 11 is 0. The number of methoxy groups -OCH3 is 1. The molecule has 0 unspecified atom stereocenters. The number of amides is 2. The van der Waals surface area contributed by atoms with Gasteiger partial charge in [0.2, 0.25) is 5.91 Å². The molecule has 2 amide bonds. The van der Waals surface area contributed by atoms with Gasteiger partial charge in [0.05, 0.1) is 12.7 Å². The number of benzene rings is 2. The van der Waals surface area contributed by atoms with Crippen molar-refractivity contribution in [2.24, 2.45) is 0 Å². The molecule has 0 aliphatic carbocycles. The number of hydrogen-bond acceptors (Lipinski definition) is 5. The Morgan fingerprint density at radius 3 is 2.45 bits per heavy atom. The molecule has 0 atom stereocenters. The highest BCUT2D eigenvalue weighted by atomic mass is 19.1. The molecule has 0 aliphatic heterocycles. The van der Waals surface area contributed by atoms with E-state index in [0.717, 1.165) is 10.2 Å². The maximum atomic E-state index is 13.0. The summed E-state index contributed by atoms with van der Waals surface area (Å²) in [5, 5.41) is 9.54. The molecule has 9 nitrogen and oxygen atoms in total. The minimum Gasteiger partial charge on any atom is -0.497 e. The summed E-state index contributed by atoms with van der Waals surface area (Å²) in [5.41, 5.74) is 1.29. The summed E-state index contributed by atoms with van der Waals surface area (Å²) in [7, 11) is 1.55. The van der Waals surface area contributed by atoms with E-state index in [0.29, 0.717) is 17.1 Å². The molecular formula is C23H20FN5O4. The van der Waals surface area contributed by atoms with Crippen molar-refractivity contribution in [3.8, 4) is 5.75 Å². The van der Waals surface area contributed by atoms with Gasteiger partial charge < -0.3 is 15.4 Å². The Morgan fingerprint density at radius 2 is 1.76 bits per heavy atom. The first-order chi connectivity index (χ1) is 15.9.